The maximum absolute atomic E-state index is 5.41. The van der Waals surface area contributed by atoms with E-state index in [9.17, 15) is 0 Å². The van der Waals surface area contributed by atoms with E-state index in [1.807, 2.05) is 19.2 Å². The Hall–Kier alpha value is -1.81. The molecule has 19 heavy (non-hydrogen) atoms. The quantitative estimate of drug-likeness (QED) is 0.896. The molecule has 0 bridgehead atoms. The van der Waals surface area contributed by atoms with Crippen LogP contribution in [-0.2, 0) is 6.42 Å². The van der Waals surface area contributed by atoms with Crippen molar-refractivity contribution in [2.45, 2.75) is 13.3 Å². The standard InChI is InChI=1S/C15H20N2O2/c1-10-7-11-8-12(18-3)9-14(19-4)15(11)17-13(10)5-6-16-2/h7-9,16H,5-6H2,1-4H3. The lowest BCUT2D eigenvalue weighted by atomic mass is 10.1. The van der Waals surface area contributed by atoms with E-state index in [2.05, 4.69) is 18.3 Å². The third-order valence-electron chi connectivity index (χ3n) is 3.22. The Balaban J connectivity index is 2.57. The number of likely N-dealkylation sites (N-methyl/N-ethyl adjacent to an activating group) is 1. The van der Waals surface area contributed by atoms with Crippen LogP contribution < -0.4 is 14.8 Å². The van der Waals surface area contributed by atoms with Gasteiger partial charge in [0.05, 0.1) is 14.2 Å². The van der Waals surface area contributed by atoms with Crippen LogP contribution in [0.15, 0.2) is 18.2 Å². The number of methoxy groups -OCH3 is 2. The van der Waals surface area contributed by atoms with E-state index in [-0.39, 0.29) is 0 Å². The monoisotopic (exact) mass is 260 g/mol. The summed E-state index contributed by atoms with van der Waals surface area (Å²) >= 11 is 0. The van der Waals surface area contributed by atoms with Gasteiger partial charge < -0.3 is 14.8 Å². The fourth-order valence-electron chi connectivity index (χ4n) is 2.14. The summed E-state index contributed by atoms with van der Waals surface area (Å²) in [6.45, 7) is 3.00. The van der Waals surface area contributed by atoms with Crippen LogP contribution >= 0.6 is 0 Å². The molecule has 0 saturated carbocycles. The highest BCUT2D eigenvalue weighted by atomic mass is 16.5. The highest BCUT2D eigenvalue weighted by Gasteiger charge is 2.10. The van der Waals surface area contributed by atoms with Gasteiger partial charge in [-0.15, -0.1) is 0 Å². The van der Waals surface area contributed by atoms with Gasteiger partial charge in [-0.05, 0) is 31.7 Å². The van der Waals surface area contributed by atoms with Crippen molar-refractivity contribution >= 4 is 10.9 Å². The number of nitrogens with one attached hydrogen (secondary N) is 1. The minimum Gasteiger partial charge on any atom is -0.497 e. The van der Waals surface area contributed by atoms with Crippen molar-refractivity contribution in [3.8, 4) is 11.5 Å². The van der Waals surface area contributed by atoms with Crippen molar-refractivity contribution < 1.29 is 9.47 Å². The summed E-state index contributed by atoms with van der Waals surface area (Å²) in [4.78, 5) is 4.74. The summed E-state index contributed by atoms with van der Waals surface area (Å²) in [6.07, 6.45) is 0.910. The summed E-state index contributed by atoms with van der Waals surface area (Å²) < 4.78 is 10.7. The molecule has 4 heteroatoms. The van der Waals surface area contributed by atoms with Crippen molar-refractivity contribution in [1.82, 2.24) is 10.3 Å². The molecule has 0 aliphatic carbocycles. The molecule has 0 amide bonds. The van der Waals surface area contributed by atoms with Gasteiger partial charge in [-0.2, -0.15) is 0 Å². The average molecular weight is 260 g/mol. The first kappa shape index (κ1) is 13.6. The molecule has 0 fully saturated rings. The SMILES string of the molecule is CNCCc1nc2c(OC)cc(OC)cc2cc1C. The number of rotatable bonds is 5. The molecule has 1 heterocycles. The minimum absolute atomic E-state index is 0.750. The third-order valence-corrected chi connectivity index (χ3v) is 3.22. The molecule has 4 nitrogen and oxygen atoms in total. The second-order valence-corrected chi connectivity index (χ2v) is 4.51. The number of aromatic nitrogens is 1. The smallest absolute Gasteiger partial charge is 0.148 e. The Kier molecular flexibility index (Phi) is 4.22. The Morgan fingerprint density at radius 2 is 1.95 bits per heavy atom. The van der Waals surface area contributed by atoms with Gasteiger partial charge in [0.1, 0.15) is 17.0 Å². The second kappa shape index (κ2) is 5.89. The van der Waals surface area contributed by atoms with Crippen molar-refractivity contribution in [2.75, 3.05) is 27.8 Å². The molecule has 0 spiro atoms. The van der Waals surface area contributed by atoms with Crippen molar-refractivity contribution in [2.24, 2.45) is 0 Å². The van der Waals surface area contributed by atoms with Crippen molar-refractivity contribution in [3.63, 3.8) is 0 Å². The van der Waals surface area contributed by atoms with E-state index in [1.54, 1.807) is 14.2 Å². The molecule has 1 aromatic heterocycles. The lowest BCUT2D eigenvalue weighted by molar-refractivity contribution is 0.397. The van der Waals surface area contributed by atoms with E-state index >= 15 is 0 Å². The zero-order chi connectivity index (χ0) is 13.8. The molecule has 0 saturated heterocycles. The fraction of sp³-hybridized carbons (Fsp3) is 0.400. The Morgan fingerprint density at radius 3 is 2.58 bits per heavy atom. The van der Waals surface area contributed by atoms with Gasteiger partial charge in [-0.3, -0.25) is 0 Å². The van der Waals surface area contributed by atoms with Crippen LogP contribution in [-0.4, -0.2) is 32.8 Å². The van der Waals surface area contributed by atoms with Crippen LogP contribution in [0, 0.1) is 6.92 Å². The van der Waals surface area contributed by atoms with Crippen LogP contribution in [0.2, 0.25) is 0 Å². The first-order valence-electron chi connectivity index (χ1n) is 6.36. The molecule has 2 rings (SSSR count). The van der Waals surface area contributed by atoms with Crippen molar-refractivity contribution in [1.29, 1.82) is 0 Å². The van der Waals surface area contributed by atoms with Gasteiger partial charge in [0.2, 0.25) is 0 Å². The lowest BCUT2D eigenvalue weighted by Gasteiger charge is -2.11. The van der Waals surface area contributed by atoms with Crippen LogP contribution in [0.25, 0.3) is 10.9 Å². The minimum atomic E-state index is 0.750. The summed E-state index contributed by atoms with van der Waals surface area (Å²) in [6, 6.07) is 5.99. The van der Waals surface area contributed by atoms with Crippen LogP contribution in [0.4, 0.5) is 0 Å². The first-order chi connectivity index (χ1) is 9.19. The number of pyridine rings is 1. The fourth-order valence-corrected chi connectivity index (χ4v) is 2.14. The molecule has 0 radical (unpaired) electrons. The number of benzene rings is 1. The largest absolute Gasteiger partial charge is 0.497 e. The van der Waals surface area contributed by atoms with Gasteiger partial charge in [0.15, 0.2) is 0 Å². The normalized spacial score (nSPS) is 10.7. The zero-order valence-corrected chi connectivity index (χ0v) is 11.9. The second-order valence-electron chi connectivity index (χ2n) is 4.51. The van der Waals surface area contributed by atoms with Crippen LogP contribution in [0.5, 0.6) is 11.5 Å². The molecule has 0 unspecified atom stereocenters. The summed E-state index contributed by atoms with van der Waals surface area (Å²) in [7, 11) is 5.26. The van der Waals surface area contributed by atoms with E-state index in [1.165, 1.54) is 5.56 Å². The molecular formula is C15H20N2O2. The Labute approximate surface area is 113 Å². The topological polar surface area (TPSA) is 43.4 Å². The molecule has 0 atom stereocenters. The van der Waals surface area contributed by atoms with Crippen molar-refractivity contribution in [3.05, 3.63) is 29.5 Å². The Morgan fingerprint density at radius 1 is 1.16 bits per heavy atom. The number of nitrogens with zero attached hydrogens (tertiary/aromatic N) is 1. The van der Waals surface area contributed by atoms with E-state index in [0.29, 0.717) is 0 Å². The van der Waals surface area contributed by atoms with Gasteiger partial charge >= 0.3 is 0 Å². The number of aryl methyl sites for hydroxylation is 1. The van der Waals surface area contributed by atoms with Gasteiger partial charge in [0, 0.05) is 30.1 Å². The highest BCUT2D eigenvalue weighted by molar-refractivity contribution is 5.87. The Bertz CT molecular complexity index is 582. The van der Waals surface area contributed by atoms with Crippen LogP contribution in [0.1, 0.15) is 11.3 Å². The third kappa shape index (κ3) is 2.79. The molecule has 2 aromatic rings. The molecule has 1 N–H and O–H groups in total. The number of hydrogen-bond donors (Lipinski definition) is 1. The predicted molar refractivity (Wildman–Crippen MR) is 77.2 cm³/mol. The van der Waals surface area contributed by atoms with E-state index in [4.69, 9.17) is 14.5 Å². The van der Waals surface area contributed by atoms with Gasteiger partial charge in [-0.1, -0.05) is 0 Å². The molecule has 0 aliphatic heterocycles. The molecule has 102 valence electrons. The number of fused-ring (bicyclic) bond motifs is 1. The molecule has 0 aliphatic rings. The van der Waals surface area contributed by atoms with Gasteiger partial charge in [0.25, 0.3) is 0 Å². The summed E-state index contributed by atoms with van der Waals surface area (Å²) in [5.41, 5.74) is 3.18. The zero-order valence-electron chi connectivity index (χ0n) is 11.9. The lowest BCUT2D eigenvalue weighted by Crippen LogP contribution is -2.12. The van der Waals surface area contributed by atoms with Gasteiger partial charge in [-0.25, -0.2) is 4.98 Å². The number of hydrogen-bond acceptors (Lipinski definition) is 4. The average Bonchev–Trinajstić information content (AvgIpc) is 2.43. The van der Waals surface area contributed by atoms with E-state index < -0.39 is 0 Å². The van der Waals surface area contributed by atoms with E-state index in [0.717, 1.165) is 41.1 Å². The first-order valence-corrected chi connectivity index (χ1v) is 6.36. The highest BCUT2D eigenvalue weighted by Crippen LogP contribution is 2.31. The maximum Gasteiger partial charge on any atom is 0.148 e. The molecular weight excluding hydrogens is 240 g/mol. The number of ether oxygens (including phenoxy) is 2. The maximum atomic E-state index is 5.41. The summed E-state index contributed by atoms with van der Waals surface area (Å²) in [5.74, 6) is 1.54. The van der Waals surface area contributed by atoms with Crippen LogP contribution in [0.3, 0.4) is 0 Å². The summed E-state index contributed by atoms with van der Waals surface area (Å²) in [5, 5.41) is 4.19. The predicted octanol–water partition coefficient (Wildman–Crippen LogP) is 2.32. The molecule has 1 aromatic carbocycles.